The molecule has 5 heteroatoms. The lowest BCUT2D eigenvalue weighted by molar-refractivity contribution is -0.126. The van der Waals surface area contributed by atoms with E-state index in [1.807, 2.05) is 6.92 Å². The van der Waals surface area contributed by atoms with E-state index in [-0.39, 0.29) is 11.8 Å². The summed E-state index contributed by atoms with van der Waals surface area (Å²) >= 11 is 0. The van der Waals surface area contributed by atoms with E-state index in [9.17, 15) is 4.79 Å². The fourth-order valence-corrected chi connectivity index (χ4v) is 3.39. The monoisotopic (exact) mass is 330 g/mol. The summed E-state index contributed by atoms with van der Waals surface area (Å²) in [4.78, 5) is 17.1. The first-order chi connectivity index (χ1) is 11.7. The zero-order chi connectivity index (χ0) is 16.8. The van der Waals surface area contributed by atoms with Crippen molar-refractivity contribution in [3.63, 3.8) is 0 Å². The van der Waals surface area contributed by atoms with Crippen molar-refractivity contribution in [3.8, 4) is 0 Å². The molecule has 132 valence electrons. The van der Waals surface area contributed by atoms with E-state index in [0.29, 0.717) is 5.92 Å². The van der Waals surface area contributed by atoms with Crippen LogP contribution in [0.4, 0.5) is 0 Å². The van der Waals surface area contributed by atoms with Crippen molar-refractivity contribution in [3.05, 3.63) is 35.9 Å². The van der Waals surface area contributed by atoms with Crippen molar-refractivity contribution in [2.24, 2.45) is 11.8 Å². The second-order valence-corrected chi connectivity index (χ2v) is 7.10. The largest absolute Gasteiger partial charge is 0.355 e. The molecule has 0 spiro atoms. The lowest BCUT2D eigenvalue weighted by atomic mass is 9.88. The maximum Gasteiger partial charge on any atom is 0.223 e. The molecule has 2 saturated heterocycles. The lowest BCUT2D eigenvalue weighted by Crippen LogP contribution is -2.51. The van der Waals surface area contributed by atoms with Gasteiger partial charge in [0, 0.05) is 51.7 Å². The van der Waals surface area contributed by atoms with Crippen molar-refractivity contribution in [1.82, 2.24) is 20.4 Å². The second-order valence-electron chi connectivity index (χ2n) is 7.10. The van der Waals surface area contributed by atoms with Crippen LogP contribution in [0.25, 0.3) is 0 Å². The molecule has 2 fully saturated rings. The van der Waals surface area contributed by atoms with Crippen LogP contribution in [0.1, 0.15) is 12.5 Å². The van der Waals surface area contributed by atoms with Gasteiger partial charge in [-0.3, -0.25) is 14.6 Å². The van der Waals surface area contributed by atoms with E-state index >= 15 is 0 Å². The highest BCUT2D eigenvalue weighted by molar-refractivity contribution is 5.78. The summed E-state index contributed by atoms with van der Waals surface area (Å²) < 4.78 is 0. The first kappa shape index (κ1) is 17.4. The minimum atomic E-state index is 0.133. The number of rotatable bonds is 7. The van der Waals surface area contributed by atoms with Gasteiger partial charge in [-0.15, -0.1) is 0 Å². The molecular weight excluding hydrogens is 300 g/mol. The minimum Gasteiger partial charge on any atom is -0.355 e. The van der Waals surface area contributed by atoms with Crippen molar-refractivity contribution in [2.75, 3.05) is 52.4 Å². The molecule has 1 aromatic rings. The van der Waals surface area contributed by atoms with Crippen LogP contribution in [0.5, 0.6) is 0 Å². The van der Waals surface area contributed by atoms with E-state index in [1.54, 1.807) is 0 Å². The molecule has 0 bridgehead atoms. The second kappa shape index (κ2) is 8.60. The Labute approximate surface area is 145 Å². The molecule has 1 atom stereocenters. The highest BCUT2D eigenvalue weighted by atomic mass is 16.1. The number of piperazine rings is 1. The van der Waals surface area contributed by atoms with Crippen LogP contribution >= 0.6 is 0 Å². The molecule has 1 unspecified atom stereocenters. The third-order valence-corrected chi connectivity index (χ3v) is 5.37. The SMILES string of the molecule is CC(C(=O)NCCN1CCN(Cc2ccccc2)CC1)C1CNC1. The smallest absolute Gasteiger partial charge is 0.223 e. The number of hydrogen-bond acceptors (Lipinski definition) is 4. The van der Waals surface area contributed by atoms with Gasteiger partial charge in [-0.25, -0.2) is 0 Å². The summed E-state index contributed by atoms with van der Waals surface area (Å²) in [5, 5.41) is 6.34. The van der Waals surface area contributed by atoms with Crippen LogP contribution in [0.2, 0.25) is 0 Å². The molecule has 0 radical (unpaired) electrons. The maximum atomic E-state index is 12.1. The Morgan fingerprint density at radius 2 is 1.83 bits per heavy atom. The van der Waals surface area contributed by atoms with Gasteiger partial charge < -0.3 is 10.6 Å². The maximum absolute atomic E-state index is 12.1. The molecule has 2 aliphatic heterocycles. The van der Waals surface area contributed by atoms with E-state index in [0.717, 1.165) is 58.9 Å². The number of hydrogen-bond donors (Lipinski definition) is 2. The first-order valence-corrected chi connectivity index (χ1v) is 9.19. The molecule has 0 aromatic heterocycles. The summed E-state index contributed by atoms with van der Waals surface area (Å²) in [5.41, 5.74) is 1.39. The Kier molecular flexibility index (Phi) is 6.24. The molecule has 3 rings (SSSR count). The van der Waals surface area contributed by atoms with Gasteiger partial charge in [0.2, 0.25) is 5.91 Å². The van der Waals surface area contributed by atoms with Gasteiger partial charge in [0.25, 0.3) is 0 Å². The summed E-state index contributed by atoms with van der Waals surface area (Å²) in [5.74, 6) is 0.865. The van der Waals surface area contributed by atoms with Crippen LogP contribution in [0.3, 0.4) is 0 Å². The summed E-state index contributed by atoms with van der Waals surface area (Å²) in [6, 6.07) is 10.7. The number of benzene rings is 1. The zero-order valence-electron chi connectivity index (χ0n) is 14.7. The van der Waals surface area contributed by atoms with Crippen LogP contribution in [0, 0.1) is 11.8 Å². The predicted octanol–water partition coefficient (Wildman–Crippen LogP) is 0.776. The van der Waals surface area contributed by atoms with E-state index in [4.69, 9.17) is 0 Å². The Morgan fingerprint density at radius 1 is 1.17 bits per heavy atom. The third-order valence-electron chi connectivity index (χ3n) is 5.37. The molecule has 5 nitrogen and oxygen atoms in total. The summed E-state index contributed by atoms with van der Waals surface area (Å²) in [7, 11) is 0. The Bertz CT molecular complexity index is 509. The van der Waals surface area contributed by atoms with Gasteiger partial charge in [0.1, 0.15) is 0 Å². The average molecular weight is 330 g/mol. The van der Waals surface area contributed by atoms with Gasteiger partial charge in [-0.1, -0.05) is 37.3 Å². The van der Waals surface area contributed by atoms with Gasteiger partial charge in [-0.05, 0) is 24.6 Å². The van der Waals surface area contributed by atoms with Crippen molar-refractivity contribution >= 4 is 5.91 Å². The summed E-state index contributed by atoms with van der Waals surface area (Å²) in [6.45, 7) is 11.2. The fraction of sp³-hybridized carbons (Fsp3) is 0.632. The Hall–Kier alpha value is -1.43. The average Bonchev–Trinajstić information content (AvgIpc) is 2.55. The fourth-order valence-electron chi connectivity index (χ4n) is 3.39. The molecule has 2 heterocycles. The standard InChI is InChI=1S/C19H30N4O/c1-16(18-13-20-14-18)19(24)21-7-8-22-9-11-23(12-10-22)15-17-5-3-2-4-6-17/h2-6,16,18,20H,7-15H2,1H3,(H,21,24). The highest BCUT2D eigenvalue weighted by Gasteiger charge is 2.28. The lowest BCUT2D eigenvalue weighted by Gasteiger charge is -2.35. The highest BCUT2D eigenvalue weighted by Crippen LogP contribution is 2.15. The van der Waals surface area contributed by atoms with Gasteiger partial charge in [0.15, 0.2) is 0 Å². The molecule has 1 aromatic carbocycles. The first-order valence-electron chi connectivity index (χ1n) is 9.19. The number of amides is 1. The van der Waals surface area contributed by atoms with Gasteiger partial charge in [-0.2, -0.15) is 0 Å². The normalized spacial score (nSPS) is 21.2. The zero-order valence-corrected chi connectivity index (χ0v) is 14.7. The van der Waals surface area contributed by atoms with Gasteiger partial charge >= 0.3 is 0 Å². The number of nitrogens with one attached hydrogen (secondary N) is 2. The number of carbonyl (C=O) groups is 1. The number of nitrogens with zero attached hydrogens (tertiary/aromatic N) is 2. The number of carbonyl (C=O) groups excluding carboxylic acids is 1. The van der Waals surface area contributed by atoms with Crippen LogP contribution in [-0.4, -0.2) is 68.1 Å². The molecule has 2 N–H and O–H groups in total. The minimum absolute atomic E-state index is 0.133. The van der Waals surface area contributed by atoms with Crippen molar-refractivity contribution in [2.45, 2.75) is 13.5 Å². The molecule has 1 amide bonds. The predicted molar refractivity (Wildman–Crippen MR) is 96.7 cm³/mol. The van der Waals surface area contributed by atoms with Crippen LogP contribution in [-0.2, 0) is 11.3 Å². The van der Waals surface area contributed by atoms with Crippen molar-refractivity contribution in [1.29, 1.82) is 0 Å². The molecule has 0 aliphatic carbocycles. The van der Waals surface area contributed by atoms with E-state index in [2.05, 4.69) is 50.8 Å². The van der Waals surface area contributed by atoms with Crippen molar-refractivity contribution < 1.29 is 4.79 Å². The quantitative estimate of drug-likeness (QED) is 0.776. The van der Waals surface area contributed by atoms with Crippen LogP contribution < -0.4 is 10.6 Å². The molecular formula is C19H30N4O. The molecule has 2 aliphatic rings. The van der Waals surface area contributed by atoms with E-state index in [1.165, 1.54) is 5.56 Å². The molecule has 0 saturated carbocycles. The molecule has 24 heavy (non-hydrogen) atoms. The third kappa shape index (κ3) is 4.79. The van der Waals surface area contributed by atoms with Crippen LogP contribution in [0.15, 0.2) is 30.3 Å². The Morgan fingerprint density at radius 3 is 2.46 bits per heavy atom. The van der Waals surface area contributed by atoms with Gasteiger partial charge in [0.05, 0.1) is 0 Å². The van der Waals surface area contributed by atoms with E-state index < -0.39 is 0 Å². The topological polar surface area (TPSA) is 47.6 Å². The summed E-state index contributed by atoms with van der Waals surface area (Å²) in [6.07, 6.45) is 0. The Balaban J connectivity index is 1.30.